The van der Waals surface area contributed by atoms with Gasteiger partial charge in [0.1, 0.15) is 5.82 Å². The monoisotopic (exact) mass is 304 g/mol. The Kier molecular flexibility index (Phi) is 5.61. The molecule has 6 nitrogen and oxygen atoms in total. The average Bonchev–Trinajstić information content (AvgIpc) is 2.32. The number of ether oxygens (including phenoxy) is 1. The first-order valence-electron chi connectivity index (χ1n) is 5.93. The van der Waals surface area contributed by atoms with E-state index in [1.807, 2.05) is 13.8 Å². The Bertz CT molecular complexity index is 587. The molecule has 3 N–H and O–H groups in total. The van der Waals surface area contributed by atoms with Crippen LogP contribution in [0.25, 0.3) is 0 Å². The van der Waals surface area contributed by atoms with Gasteiger partial charge in [-0.3, -0.25) is 4.79 Å². The lowest BCUT2D eigenvalue weighted by atomic mass is 10.2. The zero-order valence-corrected chi connectivity index (χ0v) is 12.0. The van der Waals surface area contributed by atoms with Crippen LogP contribution < -0.4 is 10.5 Å². The minimum absolute atomic E-state index is 0.0371. The van der Waals surface area contributed by atoms with Crippen molar-refractivity contribution in [2.24, 2.45) is 5.14 Å². The van der Waals surface area contributed by atoms with Crippen molar-refractivity contribution in [1.29, 1.82) is 0 Å². The van der Waals surface area contributed by atoms with Crippen molar-refractivity contribution in [2.45, 2.75) is 24.8 Å². The molecule has 0 unspecified atom stereocenters. The molecule has 0 aliphatic heterocycles. The quantitative estimate of drug-likeness (QED) is 0.753. The van der Waals surface area contributed by atoms with Crippen molar-refractivity contribution >= 4 is 15.9 Å². The molecule has 8 heteroatoms. The lowest BCUT2D eigenvalue weighted by Crippen LogP contribution is -2.28. The summed E-state index contributed by atoms with van der Waals surface area (Å²) >= 11 is 0. The first-order valence-corrected chi connectivity index (χ1v) is 7.48. The second-order valence-electron chi connectivity index (χ2n) is 4.40. The van der Waals surface area contributed by atoms with E-state index in [4.69, 9.17) is 9.88 Å². The van der Waals surface area contributed by atoms with Gasteiger partial charge in [0.25, 0.3) is 5.91 Å². The molecule has 0 aliphatic carbocycles. The maximum atomic E-state index is 13.3. The van der Waals surface area contributed by atoms with E-state index in [9.17, 15) is 17.6 Å². The number of rotatable bonds is 6. The van der Waals surface area contributed by atoms with Crippen LogP contribution in [0.2, 0.25) is 0 Å². The molecule has 0 aromatic heterocycles. The fraction of sp³-hybridized carbons (Fsp3) is 0.417. The van der Waals surface area contributed by atoms with Gasteiger partial charge in [-0.05, 0) is 32.0 Å². The minimum atomic E-state index is -4.06. The van der Waals surface area contributed by atoms with Crippen molar-refractivity contribution in [1.82, 2.24) is 5.32 Å². The predicted octanol–water partition coefficient (Wildman–Crippen LogP) is 0.628. The number of primary sulfonamides is 1. The van der Waals surface area contributed by atoms with Gasteiger partial charge in [-0.1, -0.05) is 0 Å². The highest BCUT2D eigenvalue weighted by atomic mass is 32.2. The maximum Gasteiger partial charge on any atom is 0.251 e. The second-order valence-corrected chi connectivity index (χ2v) is 5.96. The number of hydrogen-bond acceptors (Lipinski definition) is 4. The molecule has 1 aromatic carbocycles. The predicted molar refractivity (Wildman–Crippen MR) is 71.2 cm³/mol. The van der Waals surface area contributed by atoms with Crippen LogP contribution in [0.1, 0.15) is 24.2 Å². The van der Waals surface area contributed by atoms with Gasteiger partial charge >= 0.3 is 0 Å². The minimum Gasteiger partial charge on any atom is -0.377 e. The van der Waals surface area contributed by atoms with Gasteiger partial charge in [0.2, 0.25) is 10.0 Å². The van der Waals surface area contributed by atoms with E-state index in [-0.39, 0.29) is 18.2 Å². The van der Waals surface area contributed by atoms with Gasteiger partial charge in [-0.25, -0.2) is 17.9 Å². The first kappa shape index (κ1) is 16.5. The van der Waals surface area contributed by atoms with Crippen LogP contribution >= 0.6 is 0 Å². The maximum absolute atomic E-state index is 13.3. The number of carbonyl (C=O) groups excluding carboxylic acids is 1. The van der Waals surface area contributed by atoms with E-state index in [0.717, 1.165) is 18.2 Å². The summed E-state index contributed by atoms with van der Waals surface area (Å²) in [7, 11) is -4.06. The lowest BCUT2D eigenvalue weighted by molar-refractivity contribution is 0.0746. The highest BCUT2D eigenvalue weighted by molar-refractivity contribution is 7.89. The topological polar surface area (TPSA) is 98.5 Å². The fourth-order valence-corrected chi connectivity index (χ4v) is 1.99. The Balaban J connectivity index is 2.76. The third kappa shape index (κ3) is 5.24. The number of nitrogens with one attached hydrogen (secondary N) is 1. The molecule has 0 bridgehead atoms. The fourth-order valence-electron chi connectivity index (χ4n) is 1.42. The van der Waals surface area contributed by atoms with Gasteiger partial charge in [-0.15, -0.1) is 0 Å². The molecule has 1 aromatic rings. The van der Waals surface area contributed by atoms with Gasteiger partial charge in [0, 0.05) is 12.1 Å². The van der Waals surface area contributed by atoms with Crippen molar-refractivity contribution in [3.05, 3.63) is 29.6 Å². The molecule has 0 radical (unpaired) electrons. The zero-order valence-electron chi connectivity index (χ0n) is 11.2. The van der Waals surface area contributed by atoms with Crippen LogP contribution in [0.3, 0.4) is 0 Å². The van der Waals surface area contributed by atoms with E-state index < -0.39 is 26.6 Å². The molecule has 112 valence electrons. The lowest BCUT2D eigenvalue weighted by Gasteiger charge is -2.09. The van der Waals surface area contributed by atoms with Gasteiger partial charge in [-0.2, -0.15) is 0 Å². The van der Waals surface area contributed by atoms with Crippen LogP contribution in [0.5, 0.6) is 0 Å². The standard InChI is InChI=1S/C12H17FN2O4S/c1-8(2)19-4-3-15-12(16)9-5-10(13)7-11(6-9)20(14,17)18/h5-8H,3-4H2,1-2H3,(H,15,16)(H2,14,17,18). The Hall–Kier alpha value is -1.51. The first-order chi connectivity index (χ1) is 9.20. The summed E-state index contributed by atoms with van der Waals surface area (Å²) in [6.07, 6.45) is 0.0371. The molecular formula is C12H17FN2O4S. The molecule has 0 atom stereocenters. The van der Waals surface area contributed by atoms with Crippen LogP contribution in [0, 0.1) is 5.82 Å². The molecule has 20 heavy (non-hydrogen) atoms. The number of halogens is 1. The number of benzene rings is 1. The molecular weight excluding hydrogens is 287 g/mol. The molecule has 1 amide bonds. The van der Waals surface area contributed by atoms with Gasteiger partial charge < -0.3 is 10.1 Å². The number of carbonyl (C=O) groups is 1. The second kappa shape index (κ2) is 6.78. The van der Waals surface area contributed by atoms with Crippen LogP contribution in [0.4, 0.5) is 4.39 Å². The Labute approximate surface area is 117 Å². The molecule has 1 rings (SSSR count). The number of amides is 1. The van der Waals surface area contributed by atoms with Crippen LogP contribution in [0.15, 0.2) is 23.1 Å². The summed E-state index contributed by atoms with van der Waals surface area (Å²) in [5, 5.41) is 7.40. The largest absolute Gasteiger partial charge is 0.377 e. The van der Waals surface area contributed by atoms with Crippen molar-refractivity contribution < 1.29 is 22.3 Å². The SMILES string of the molecule is CC(C)OCCNC(=O)c1cc(F)cc(S(N)(=O)=O)c1. The average molecular weight is 304 g/mol. The zero-order chi connectivity index (χ0) is 15.3. The third-order valence-corrected chi connectivity index (χ3v) is 3.19. The Morgan fingerprint density at radius 3 is 2.60 bits per heavy atom. The van der Waals surface area contributed by atoms with Crippen molar-refractivity contribution in [3.8, 4) is 0 Å². The molecule has 0 saturated carbocycles. The van der Waals surface area contributed by atoms with Crippen LogP contribution in [-0.2, 0) is 14.8 Å². The molecule has 0 fully saturated rings. The summed E-state index contributed by atoms with van der Waals surface area (Å²) in [5.74, 6) is -1.44. The van der Waals surface area contributed by atoms with E-state index in [2.05, 4.69) is 5.32 Å². The van der Waals surface area contributed by atoms with Gasteiger partial charge in [0.05, 0.1) is 17.6 Å². The number of hydrogen-bond donors (Lipinski definition) is 2. The number of sulfonamides is 1. The summed E-state index contributed by atoms with van der Waals surface area (Å²) < 4.78 is 40.8. The number of nitrogens with two attached hydrogens (primary N) is 1. The summed E-state index contributed by atoms with van der Waals surface area (Å²) in [6.45, 7) is 4.25. The molecule has 0 heterocycles. The van der Waals surface area contributed by atoms with E-state index in [1.54, 1.807) is 0 Å². The summed E-state index contributed by atoms with van der Waals surface area (Å²) in [6, 6.07) is 2.72. The third-order valence-electron chi connectivity index (χ3n) is 2.30. The molecule has 0 saturated heterocycles. The van der Waals surface area contributed by atoms with E-state index in [0.29, 0.717) is 6.61 Å². The molecule has 0 aliphatic rings. The van der Waals surface area contributed by atoms with Gasteiger partial charge in [0.15, 0.2) is 0 Å². The highest BCUT2D eigenvalue weighted by Gasteiger charge is 2.14. The Morgan fingerprint density at radius 2 is 2.05 bits per heavy atom. The van der Waals surface area contributed by atoms with Crippen LogP contribution in [-0.4, -0.2) is 33.6 Å². The smallest absolute Gasteiger partial charge is 0.251 e. The van der Waals surface area contributed by atoms with E-state index >= 15 is 0 Å². The van der Waals surface area contributed by atoms with Crippen molar-refractivity contribution in [3.63, 3.8) is 0 Å². The van der Waals surface area contributed by atoms with E-state index in [1.165, 1.54) is 0 Å². The molecule has 0 spiro atoms. The summed E-state index contributed by atoms with van der Waals surface area (Å²) in [5.41, 5.74) is -0.112. The van der Waals surface area contributed by atoms with Crippen molar-refractivity contribution in [2.75, 3.05) is 13.2 Å². The normalized spacial score (nSPS) is 11.7. The summed E-state index contributed by atoms with van der Waals surface area (Å²) in [4.78, 5) is 11.3. The Morgan fingerprint density at radius 1 is 1.40 bits per heavy atom. The highest BCUT2D eigenvalue weighted by Crippen LogP contribution is 2.13.